The number of aromatic nitrogens is 1. The minimum Gasteiger partial charge on any atom is -0.377 e. The van der Waals surface area contributed by atoms with E-state index in [1.54, 1.807) is 0 Å². The van der Waals surface area contributed by atoms with Gasteiger partial charge in [-0.25, -0.2) is 0 Å². The number of hydrogen-bond acceptors (Lipinski definition) is 2. The summed E-state index contributed by atoms with van der Waals surface area (Å²) in [6.45, 7) is -0.0398. The standard InChI is InChI=1S/C9H10N2O/c12-6-11-9-5-10-8-4-2-1-3-7(8)9/h1-5,10-12H,6H2. The molecule has 1 aromatic carbocycles. The predicted molar refractivity (Wildman–Crippen MR) is 49.0 cm³/mol. The van der Waals surface area contributed by atoms with Crippen molar-refractivity contribution in [2.24, 2.45) is 0 Å². The number of nitrogens with one attached hydrogen (secondary N) is 2. The van der Waals surface area contributed by atoms with Crippen LogP contribution < -0.4 is 5.32 Å². The number of fused-ring (bicyclic) bond motifs is 1. The molecule has 12 heavy (non-hydrogen) atoms. The molecule has 2 rings (SSSR count). The maximum absolute atomic E-state index is 8.67. The number of aliphatic hydroxyl groups is 1. The van der Waals surface area contributed by atoms with Gasteiger partial charge in [-0.3, -0.25) is 0 Å². The monoisotopic (exact) mass is 162 g/mol. The van der Waals surface area contributed by atoms with Crippen molar-refractivity contribution >= 4 is 16.6 Å². The van der Waals surface area contributed by atoms with Crippen LogP contribution in [-0.4, -0.2) is 16.8 Å². The van der Waals surface area contributed by atoms with E-state index in [4.69, 9.17) is 5.11 Å². The van der Waals surface area contributed by atoms with Gasteiger partial charge in [0.2, 0.25) is 0 Å². The first-order valence-electron chi connectivity index (χ1n) is 3.82. The number of H-pyrrole nitrogens is 1. The Kier molecular flexibility index (Phi) is 1.72. The van der Waals surface area contributed by atoms with Crippen LogP contribution in [0.25, 0.3) is 10.9 Å². The Labute approximate surface area is 70.0 Å². The fourth-order valence-corrected chi connectivity index (χ4v) is 1.30. The molecule has 62 valence electrons. The molecule has 0 amide bonds. The third-order valence-corrected chi connectivity index (χ3v) is 1.86. The van der Waals surface area contributed by atoms with Crippen molar-refractivity contribution in [3.8, 4) is 0 Å². The summed E-state index contributed by atoms with van der Waals surface area (Å²) in [5.74, 6) is 0. The second-order valence-electron chi connectivity index (χ2n) is 2.58. The smallest absolute Gasteiger partial charge is 0.113 e. The highest BCUT2D eigenvalue weighted by Crippen LogP contribution is 2.21. The minimum atomic E-state index is -0.0398. The number of para-hydroxylation sites is 1. The summed E-state index contributed by atoms with van der Waals surface area (Å²) >= 11 is 0. The molecular weight excluding hydrogens is 152 g/mol. The zero-order valence-corrected chi connectivity index (χ0v) is 6.54. The van der Waals surface area contributed by atoms with Crippen molar-refractivity contribution in [1.29, 1.82) is 0 Å². The minimum absolute atomic E-state index is 0.0398. The van der Waals surface area contributed by atoms with Gasteiger partial charge in [0.1, 0.15) is 6.73 Å². The number of aromatic amines is 1. The number of aliphatic hydroxyl groups excluding tert-OH is 1. The van der Waals surface area contributed by atoms with Gasteiger partial charge in [0, 0.05) is 17.1 Å². The highest BCUT2D eigenvalue weighted by molar-refractivity contribution is 5.92. The summed E-state index contributed by atoms with van der Waals surface area (Å²) in [5.41, 5.74) is 2.02. The van der Waals surface area contributed by atoms with Crippen LogP contribution in [0.2, 0.25) is 0 Å². The van der Waals surface area contributed by atoms with Crippen molar-refractivity contribution in [2.75, 3.05) is 12.0 Å². The average Bonchev–Trinajstić information content (AvgIpc) is 2.50. The van der Waals surface area contributed by atoms with Gasteiger partial charge < -0.3 is 15.4 Å². The van der Waals surface area contributed by atoms with E-state index in [1.165, 1.54) is 0 Å². The molecule has 0 spiro atoms. The van der Waals surface area contributed by atoms with Gasteiger partial charge in [0.05, 0.1) is 5.69 Å². The van der Waals surface area contributed by atoms with Crippen LogP contribution in [0.4, 0.5) is 5.69 Å². The van der Waals surface area contributed by atoms with Gasteiger partial charge >= 0.3 is 0 Å². The molecule has 0 aliphatic heterocycles. The molecule has 0 unspecified atom stereocenters. The molecule has 0 aliphatic rings. The van der Waals surface area contributed by atoms with E-state index in [1.807, 2.05) is 30.5 Å². The Morgan fingerprint density at radius 1 is 1.33 bits per heavy atom. The lowest BCUT2D eigenvalue weighted by atomic mass is 10.2. The normalized spacial score (nSPS) is 10.4. The van der Waals surface area contributed by atoms with E-state index in [0.29, 0.717) is 0 Å². The quantitative estimate of drug-likeness (QED) is 0.586. The summed E-state index contributed by atoms with van der Waals surface area (Å²) in [6.07, 6.45) is 1.85. The van der Waals surface area contributed by atoms with Gasteiger partial charge in [-0.15, -0.1) is 0 Å². The van der Waals surface area contributed by atoms with E-state index < -0.39 is 0 Å². The molecule has 0 atom stereocenters. The number of benzene rings is 1. The van der Waals surface area contributed by atoms with Crippen LogP contribution in [0.1, 0.15) is 0 Å². The van der Waals surface area contributed by atoms with E-state index in [0.717, 1.165) is 16.6 Å². The van der Waals surface area contributed by atoms with Crippen molar-refractivity contribution in [3.63, 3.8) is 0 Å². The number of rotatable bonds is 2. The second-order valence-corrected chi connectivity index (χ2v) is 2.58. The maximum atomic E-state index is 8.67. The summed E-state index contributed by atoms with van der Waals surface area (Å²) in [4.78, 5) is 3.10. The van der Waals surface area contributed by atoms with Crippen LogP contribution >= 0.6 is 0 Å². The lowest BCUT2D eigenvalue weighted by molar-refractivity contribution is 0.326. The number of hydrogen-bond donors (Lipinski definition) is 3. The zero-order chi connectivity index (χ0) is 8.39. The fraction of sp³-hybridized carbons (Fsp3) is 0.111. The van der Waals surface area contributed by atoms with Gasteiger partial charge in [0.25, 0.3) is 0 Å². The fourth-order valence-electron chi connectivity index (χ4n) is 1.30. The molecule has 0 radical (unpaired) electrons. The van der Waals surface area contributed by atoms with Crippen molar-refractivity contribution in [3.05, 3.63) is 30.5 Å². The Hall–Kier alpha value is -1.48. The Balaban J connectivity index is 2.55. The van der Waals surface area contributed by atoms with E-state index in [9.17, 15) is 0 Å². The molecular formula is C9H10N2O. The second kappa shape index (κ2) is 2.87. The van der Waals surface area contributed by atoms with Crippen molar-refractivity contribution < 1.29 is 5.11 Å². The van der Waals surface area contributed by atoms with Crippen LogP contribution in [0.3, 0.4) is 0 Å². The van der Waals surface area contributed by atoms with Gasteiger partial charge in [-0.05, 0) is 6.07 Å². The SMILES string of the molecule is OCNc1c[nH]c2ccccc12. The maximum Gasteiger partial charge on any atom is 0.113 e. The highest BCUT2D eigenvalue weighted by atomic mass is 16.3. The van der Waals surface area contributed by atoms with Gasteiger partial charge in [0.15, 0.2) is 0 Å². The van der Waals surface area contributed by atoms with Crippen LogP contribution in [0.15, 0.2) is 30.5 Å². The molecule has 1 aromatic heterocycles. The lowest BCUT2D eigenvalue weighted by Gasteiger charge is -1.97. The Morgan fingerprint density at radius 2 is 2.17 bits per heavy atom. The topological polar surface area (TPSA) is 48.0 Å². The van der Waals surface area contributed by atoms with Crippen LogP contribution in [-0.2, 0) is 0 Å². The van der Waals surface area contributed by atoms with E-state index in [-0.39, 0.29) is 6.73 Å². The molecule has 3 N–H and O–H groups in total. The van der Waals surface area contributed by atoms with Crippen LogP contribution in [0.5, 0.6) is 0 Å². The molecule has 0 aliphatic carbocycles. The zero-order valence-electron chi connectivity index (χ0n) is 6.54. The van der Waals surface area contributed by atoms with Crippen molar-refractivity contribution in [1.82, 2.24) is 4.98 Å². The molecule has 1 heterocycles. The first-order chi connectivity index (χ1) is 5.92. The Bertz CT molecular complexity index is 381. The lowest BCUT2D eigenvalue weighted by Crippen LogP contribution is -1.97. The summed E-state index contributed by atoms with van der Waals surface area (Å²) in [7, 11) is 0. The molecule has 3 nitrogen and oxygen atoms in total. The molecule has 0 saturated heterocycles. The summed E-state index contributed by atoms with van der Waals surface area (Å²) < 4.78 is 0. The van der Waals surface area contributed by atoms with E-state index >= 15 is 0 Å². The first kappa shape index (κ1) is 7.18. The van der Waals surface area contributed by atoms with Crippen LogP contribution in [0, 0.1) is 0 Å². The average molecular weight is 162 g/mol. The molecule has 0 bridgehead atoms. The van der Waals surface area contributed by atoms with E-state index in [2.05, 4.69) is 10.3 Å². The predicted octanol–water partition coefficient (Wildman–Crippen LogP) is 1.53. The van der Waals surface area contributed by atoms with Gasteiger partial charge in [-0.2, -0.15) is 0 Å². The van der Waals surface area contributed by atoms with Crippen molar-refractivity contribution in [2.45, 2.75) is 0 Å². The molecule has 2 aromatic rings. The summed E-state index contributed by atoms with van der Waals surface area (Å²) in [5, 5.41) is 12.6. The number of anilines is 1. The molecule has 0 fully saturated rings. The third-order valence-electron chi connectivity index (χ3n) is 1.86. The molecule has 3 heteroatoms. The third kappa shape index (κ3) is 1.04. The highest BCUT2D eigenvalue weighted by Gasteiger charge is 1.99. The van der Waals surface area contributed by atoms with Gasteiger partial charge in [-0.1, -0.05) is 18.2 Å². The molecule has 0 saturated carbocycles. The first-order valence-corrected chi connectivity index (χ1v) is 3.82. The largest absolute Gasteiger partial charge is 0.377 e. The Morgan fingerprint density at radius 3 is 3.00 bits per heavy atom. The summed E-state index contributed by atoms with van der Waals surface area (Å²) in [6, 6.07) is 7.95.